The van der Waals surface area contributed by atoms with Crippen molar-refractivity contribution < 1.29 is 9.50 Å². The summed E-state index contributed by atoms with van der Waals surface area (Å²) in [4.78, 5) is 2.25. The van der Waals surface area contributed by atoms with Gasteiger partial charge in [-0.3, -0.25) is 4.90 Å². The molecule has 98 valence electrons. The van der Waals surface area contributed by atoms with Crippen LogP contribution in [0.25, 0.3) is 0 Å². The highest BCUT2D eigenvalue weighted by molar-refractivity contribution is 5.37. The maximum atomic E-state index is 13.5. The second-order valence-electron chi connectivity index (χ2n) is 4.46. The zero-order valence-corrected chi connectivity index (χ0v) is 11.2. The molecule has 1 aromatic carbocycles. The summed E-state index contributed by atoms with van der Waals surface area (Å²) in [6, 6.07) is 5.22. The summed E-state index contributed by atoms with van der Waals surface area (Å²) >= 11 is 0. The second-order valence-corrected chi connectivity index (χ2v) is 4.46. The number of aliphatic hydroxyl groups excluding tert-OH is 1. The molecule has 0 heterocycles. The van der Waals surface area contributed by atoms with E-state index in [0.717, 1.165) is 12.1 Å². The van der Waals surface area contributed by atoms with E-state index in [9.17, 15) is 4.39 Å². The average Bonchev–Trinajstić information content (AvgIpc) is 2.32. The topological polar surface area (TPSA) is 23.5 Å². The lowest BCUT2D eigenvalue weighted by molar-refractivity contribution is 0.224. The average molecular weight is 249 g/mol. The van der Waals surface area contributed by atoms with Gasteiger partial charge in [-0.1, -0.05) is 18.8 Å². The number of halogens is 1. The maximum Gasteiger partial charge on any atom is 0.124 e. The third-order valence-electron chi connectivity index (χ3n) is 2.79. The molecule has 0 unspecified atom stereocenters. The van der Waals surface area contributed by atoms with Gasteiger partial charge >= 0.3 is 0 Å². The molecule has 0 atom stereocenters. The van der Waals surface area contributed by atoms with Crippen LogP contribution in [0, 0.1) is 17.7 Å². The third-order valence-corrected chi connectivity index (χ3v) is 2.79. The summed E-state index contributed by atoms with van der Waals surface area (Å²) in [5.41, 5.74) is 1.52. The molecule has 0 radical (unpaired) electrons. The zero-order chi connectivity index (χ0) is 13.5. The molecule has 0 aliphatic carbocycles. The molecular formula is C15H20FNO. The Bertz CT molecular complexity index is 446. The van der Waals surface area contributed by atoms with Gasteiger partial charge in [0.2, 0.25) is 0 Å². The molecule has 3 heteroatoms. The van der Waals surface area contributed by atoms with Crippen LogP contribution in [0.15, 0.2) is 18.2 Å². The molecule has 1 aromatic rings. The molecule has 0 amide bonds. The number of aliphatic hydroxyl groups is 1. The minimum absolute atomic E-state index is 0.209. The van der Waals surface area contributed by atoms with E-state index >= 15 is 0 Å². The molecule has 1 rings (SSSR count). The predicted octanol–water partition coefficient (Wildman–Crippen LogP) is 2.40. The zero-order valence-electron chi connectivity index (χ0n) is 11.2. The van der Waals surface area contributed by atoms with Crippen LogP contribution < -0.4 is 0 Å². The summed E-state index contributed by atoms with van der Waals surface area (Å²) < 4.78 is 13.5. The van der Waals surface area contributed by atoms with Crippen LogP contribution in [0.1, 0.15) is 31.9 Å². The van der Waals surface area contributed by atoms with Crippen molar-refractivity contribution in [3.63, 3.8) is 0 Å². The molecular weight excluding hydrogens is 229 g/mol. The van der Waals surface area contributed by atoms with Crippen LogP contribution in [0.2, 0.25) is 0 Å². The first-order chi connectivity index (χ1) is 8.56. The van der Waals surface area contributed by atoms with E-state index in [1.165, 1.54) is 12.1 Å². The quantitative estimate of drug-likeness (QED) is 0.828. The Morgan fingerprint density at radius 3 is 2.61 bits per heavy atom. The molecule has 0 fully saturated rings. The largest absolute Gasteiger partial charge is 0.384 e. The van der Waals surface area contributed by atoms with Crippen molar-refractivity contribution in [3.8, 4) is 11.8 Å². The number of benzene rings is 1. The van der Waals surface area contributed by atoms with Gasteiger partial charge in [-0.05, 0) is 44.2 Å². The lowest BCUT2D eigenvalue weighted by atomic mass is 10.1. The van der Waals surface area contributed by atoms with Crippen molar-refractivity contribution in [1.82, 2.24) is 4.90 Å². The SMILES string of the molecule is CCN(Cc1cc(F)cc(C#CCO)c1)C(C)C. The molecule has 0 spiro atoms. The van der Waals surface area contributed by atoms with Gasteiger partial charge in [0.15, 0.2) is 0 Å². The highest BCUT2D eigenvalue weighted by atomic mass is 19.1. The maximum absolute atomic E-state index is 13.5. The van der Waals surface area contributed by atoms with Gasteiger partial charge in [0.05, 0.1) is 0 Å². The van der Waals surface area contributed by atoms with Gasteiger partial charge in [-0.2, -0.15) is 0 Å². The van der Waals surface area contributed by atoms with Gasteiger partial charge in [-0.25, -0.2) is 4.39 Å². The van der Waals surface area contributed by atoms with Gasteiger partial charge < -0.3 is 5.11 Å². The minimum Gasteiger partial charge on any atom is -0.384 e. The Labute approximate surface area is 108 Å². The van der Waals surface area contributed by atoms with Crippen LogP contribution >= 0.6 is 0 Å². The standard InChI is InChI=1S/C15H20FNO/c1-4-17(12(2)3)11-14-8-13(6-5-7-18)9-15(16)10-14/h8-10,12,18H,4,7,11H2,1-3H3. The first-order valence-corrected chi connectivity index (χ1v) is 6.20. The van der Waals surface area contributed by atoms with Crippen LogP contribution in [-0.4, -0.2) is 29.2 Å². The summed E-state index contributed by atoms with van der Waals surface area (Å²) in [6.45, 7) is 7.75. The summed E-state index contributed by atoms with van der Waals surface area (Å²) in [6.07, 6.45) is 0. The van der Waals surface area contributed by atoms with Crippen molar-refractivity contribution in [2.24, 2.45) is 0 Å². The predicted molar refractivity (Wildman–Crippen MR) is 71.6 cm³/mol. The fraction of sp³-hybridized carbons (Fsp3) is 0.467. The van der Waals surface area contributed by atoms with Crippen LogP contribution in [0.4, 0.5) is 4.39 Å². The summed E-state index contributed by atoms with van der Waals surface area (Å²) in [7, 11) is 0. The van der Waals surface area contributed by atoms with Crippen molar-refractivity contribution in [3.05, 3.63) is 35.1 Å². The van der Waals surface area contributed by atoms with Gasteiger partial charge in [0.1, 0.15) is 12.4 Å². The third kappa shape index (κ3) is 4.48. The Balaban J connectivity index is 2.92. The fourth-order valence-electron chi connectivity index (χ4n) is 1.85. The number of hydrogen-bond donors (Lipinski definition) is 1. The van der Waals surface area contributed by atoms with E-state index < -0.39 is 0 Å². The molecule has 0 bridgehead atoms. The number of nitrogens with zero attached hydrogens (tertiary/aromatic N) is 1. The highest BCUT2D eigenvalue weighted by Crippen LogP contribution is 2.12. The Morgan fingerprint density at radius 2 is 2.06 bits per heavy atom. The van der Waals surface area contributed by atoms with E-state index in [0.29, 0.717) is 18.2 Å². The van der Waals surface area contributed by atoms with Crippen LogP contribution in [0.3, 0.4) is 0 Å². The molecule has 0 aromatic heterocycles. The van der Waals surface area contributed by atoms with E-state index in [4.69, 9.17) is 5.11 Å². The first-order valence-electron chi connectivity index (χ1n) is 6.20. The van der Waals surface area contributed by atoms with Gasteiger partial charge in [0.25, 0.3) is 0 Å². The highest BCUT2D eigenvalue weighted by Gasteiger charge is 2.08. The number of rotatable bonds is 4. The lowest BCUT2D eigenvalue weighted by Gasteiger charge is -2.24. The molecule has 0 aliphatic rings. The number of hydrogen-bond acceptors (Lipinski definition) is 2. The molecule has 0 aliphatic heterocycles. The Morgan fingerprint density at radius 1 is 1.33 bits per heavy atom. The summed E-state index contributed by atoms with van der Waals surface area (Å²) in [5, 5.41) is 8.65. The molecule has 0 saturated carbocycles. The van der Waals surface area contributed by atoms with E-state index in [-0.39, 0.29) is 12.4 Å². The van der Waals surface area contributed by atoms with Crippen molar-refractivity contribution in [2.75, 3.05) is 13.2 Å². The summed E-state index contributed by atoms with van der Waals surface area (Å²) in [5.74, 6) is 4.99. The lowest BCUT2D eigenvalue weighted by Crippen LogP contribution is -2.30. The minimum atomic E-state index is -0.283. The molecule has 2 nitrogen and oxygen atoms in total. The Kier molecular flexibility index (Phi) is 5.84. The van der Waals surface area contributed by atoms with Crippen LogP contribution in [0.5, 0.6) is 0 Å². The fourth-order valence-corrected chi connectivity index (χ4v) is 1.85. The van der Waals surface area contributed by atoms with Crippen molar-refractivity contribution in [2.45, 2.75) is 33.4 Å². The van der Waals surface area contributed by atoms with Crippen molar-refractivity contribution >= 4 is 0 Å². The normalized spacial score (nSPS) is 10.6. The second kappa shape index (κ2) is 7.15. The molecule has 0 saturated heterocycles. The van der Waals surface area contributed by atoms with E-state index in [1.54, 1.807) is 0 Å². The van der Waals surface area contributed by atoms with Gasteiger partial charge in [-0.15, -0.1) is 0 Å². The Hall–Kier alpha value is -1.37. The first kappa shape index (κ1) is 14.7. The monoisotopic (exact) mass is 249 g/mol. The molecule has 18 heavy (non-hydrogen) atoms. The van der Waals surface area contributed by atoms with Gasteiger partial charge in [0, 0.05) is 18.2 Å². The van der Waals surface area contributed by atoms with E-state index in [2.05, 4.69) is 37.5 Å². The van der Waals surface area contributed by atoms with Crippen molar-refractivity contribution in [1.29, 1.82) is 0 Å². The molecule has 1 N–H and O–H groups in total. The van der Waals surface area contributed by atoms with Crippen LogP contribution in [-0.2, 0) is 6.54 Å². The van der Waals surface area contributed by atoms with E-state index in [1.807, 2.05) is 6.07 Å². The smallest absolute Gasteiger partial charge is 0.124 e.